The second kappa shape index (κ2) is 5.21. The summed E-state index contributed by atoms with van der Waals surface area (Å²) in [4.78, 5) is 7.75. The molecule has 0 aliphatic rings. The first-order chi connectivity index (χ1) is 8.16. The molecule has 0 bridgehead atoms. The summed E-state index contributed by atoms with van der Waals surface area (Å²) in [6, 6.07) is 4.09. The van der Waals surface area contributed by atoms with Crippen LogP contribution in [0, 0.1) is 5.82 Å². The van der Waals surface area contributed by atoms with E-state index in [2.05, 4.69) is 9.97 Å². The van der Waals surface area contributed by atoms with Crippen molar-refractivity contribution in [3.63, 3.8) is 0 Å². The average Bonchev–Trinajstić information content (AvgIpc) is 2.35. The minimum absolute atomic E-state index is 0.304. The van der Waals surface area contributed by atoms with Crippen LogP contribution in [0.4, 0.5) is 4.39 Å². The van der Waals surface area contributed by atoms with Crippen molar-refractivity contribution in [2.45, 2.75) is 12.5 Å². The number of rotatable bonds is 3. The largest absolute Gasteiger partial charge is 0.324 e. The van der Waals surface area contributed by atoms with Crippen molar-refractivity contribution in [2.75, 3.05) is 0 Å². The van der Waals surface area contributed by atoms with Gasteiger partial charge >= 0.3 is 0 Å². The van der Waals surface area contributed by atoms with Crippen molar-refractivity contribution in [1.29, 1.82) is 0 Å². The molecule has 0 aliphatic carbocycles. The Balaban J connectivity index is 2.18. The molecule has 0 spiro atoms. The Labute approximate surface area is 103 Å². The first-order valence-corrected chi connectivity index (χ1v) is 5.49. The summed E-state index contributed by atoms with van der Waals surface area (Å²) < 4.78 is 13.5. The number of nitrogens with two attached hydrogens (primary N) is 1. The van der Waals surface area contributed by atoms with E-state index >= 15 is 0 Å². The van der Waals surface area contributed by atoms with Crippen molar-refractivity contribution in [3.05, 3.63) is 58.9 Å². The number of hydrogen-bond acceptors (Lipinski definition) is 3. The Morgan fingerprint density at radius 1 is 1.29 bits per heavy atom. The summed E-state index contributed by atoms with van der Waals surface area (Å²) in [6.45, 7) is 0. The first-order valence-electron chi connectivity index (χ1n) is 5.11. The van der Waals surface area contributed by atoms with Crippen LogP contribution < -0.4 is 5.73 Å². The van der Waals surface area contributed by atoms with E-state index in [1.165, 1.54) is 18.5 Å². The fourth-order valence-electron chi connectivity index (χ4n) is 1.56. The zero-order chi connectivity index (χ0) is 12.3. The maximum atomic E-state index is 13.5. The number of benzene rings is 1. The standard InChI is InChI=1S/C12H11ClFN3/c13-10-1-2-11(14)8(3-10)4-12(15)9-5-16-7-17-6-9/h1-3,5-7,12H,4,15H2. The van der Waals surface area contributed by atoms with Crippen molar-refractivity contribution >= 4 is 11.6 Å². The molecule has 2 aromatic rings. The second-order valence-electron chi connectivity index (χ2n) is 3.72. The van der Waals surface area contributed by atoms with Gasteiger partial charge in [-0.2, -0.15) is 0 Å². The van der Waals surface area contributed by atoms with Crippen LogP contribution in [-0.2, 0) is 6.42 Å². The van der Waals surface area contributed by atoms with Crippen LogP contribution in [0.1, 0.15) is 17.2 Å². The number of nitrogens with zero attached hydrogens (tertiary/aromatic N) is 2. The number of hydrogen-bond donors (Lipinski definition) is 1. The Morgan fingerprint density at radius 2 is 2.00 bits per heavy atom. The number of halogens is 2. The molecule has 0 fully saturated rings. The van der Waals surface area contributed by atoms with Crippen molar-refractivity contribution in [1.82, 2.24) is 9.97 Å². The summed E-state index contributed by atoms with van der Waals surface area (Å²) in [7, 11) is 0. The van der Waals surface area contributed by atoms with Gasteiger partial charge in [-0.3, -0.25) is 0 Å². The molecule has 0 radical (unpaired) electrons. The molecular formula is C12H11ClFN3. The summed E-state index contributed by atoms with van der Waals surface area (Å²) >= 11 is 5.81. The van der Waals surface area contributed by atoms with Crippen LogP contribution in [0.3, 0.4) is 0 Å². The lowest BCUT2D eigenvalue weighted by Crippen LogP contribution is -2.14. The smallest absolute Gasteiger partial charge is 0.126 e. The molecule has 88 valence electrons. The Kier molecular flexibility index (Phi) is 3.66. The van der Waals surface area contributed by atoms with E-state index in [0.717, 1.165) is 5.56 Å². The van der Waals surface area contributed by atoms with Gasteiger partial charge < -0.3 is 5.73 Å². The quantitative estimate of drug-likeness (QED) is 0.912. The Hall–Kier alpha value is -1.52. The van der Waals surface area contributed by atoms with Gasteiger partial charge in [-0.25, -0.2) is 14.4 Å². The maximum Gasteiger partial charge on any atom is 0.126 e. The van der Waals surface area contributed by atoms with E-state index in [0.29, 0.717) is 17.0 Å². The zero-order valence-electron chi connectivity index (χ0n) is 8.98. The molecular weight excluding hydrogens is 241 g/mol. The summed E-state index contributed by atoms with van der Waals surface area (Å²) in [5.41, 5.74) is 7.22. The van der Waals surface area contributed by atoms with Gasteiger partial charge in [0.1, 0.15) is 12.1 Å². The average molecular weight is 252 g/mol. The molecule has 1 aromatic carbocycles. The predicted octanol–water partition coefficient (Wildman–Crippen LogP) is 2.51. The van der Waals surface area contributed by atoms with Crippen LogP contribution in [0.25, 0.3) is 0 Å². The Bertz CT molecular complexity index is 504. The molecule has 0 amide bonds. The molecule has 0 saturated heterocycles. The van der Waals surface area contributed by atoms with Gasteiger partial charge in [0.15, 0.2) is 0 Å². The Morgan fingerprint density at radius 3 is 2.71 bits per heavy atom. The van der Waals surface area contributed by atoms with Crippen LogP contribution in [0.2, 0.25) is 5.02 Å². The third-order valence-electron chi connectivity index (χ3n) is 2.46. The number of aromatic nitrogens is 2. The molecule has 2 N–H and O–H groups in total. The molecule has 1 heterocycles. The van der Waals surface area contributed by atoms with Crippen LogP contribution in [0.15, 0.2) is 36.9 Å². The molecule has 2 rings (SSSR count). The van der Waals surface area contributed by atoms with Gasteiger partial charge in [0.25, 0.3) is 0 Å². The highest BCUT2D eigenvalue weighted by atomic mass is 35.5. The highest BCUT2D eigenvalue weighted by molar-refractivity contribution is 6.30. The minimum atomic E-state index is -0.343. The lowest BCUT2D eigenvalue weighted by atomic mass is 10.0. The van der Waals surface area contributed by atoms with Crippen LogP contribution >= 0.6 is 11.6 Å². The highest BCUT2D eigenvalue weighted by Gasteiger charge is 2.11. The normalized spacial score (nSPS) is 12.4. The molecule has 3 nitrogen and oxygen atoms in total. The second-order valence-corrected chi connectivity index (χ2v) is 4.15. The third-order valence-corrected chi connectivity index (χ3v) is 2.69. The SMILES string of the molecule is NC(Cc1cc(Cl)ccc1F)c1cncnc1. The molecule has 0 saturated carbocycles. The van der Waals surface area contributed by atoms with Crippen LogP contribution in [0.5, 0.6) is 0 Å². The molecule has 1 atom stereocenters. The van der Waals surface area contributed by atoms with Crippen molar-refractivity contribution in [3.8, 4) is 0 Å². The van der Waals surface area contributed by atoms with Crippen molar-refractivity contribution in [2.24, 2.45) is 5.73 Å². The van der Waals surface area contributed by atoms with Gasteiger partial charge in [-0.05, 0) is 30.2 Å². The molecule has 1 aromatic heterocycles. The molecule has 17 heavy (non-hydrogen) atoms. The summed E-state index contributed by atoms with van der Waals surface area (Å²) in [5, 5.41) is 0.498. The predicted molar refractivity (Wildman–Crippen MR) is 64.1 cm³/mol. The van der Waals surface area contributed by atoms with E-state index in [1.807, 2.05) is 0 Å². The van der Waals surface area contributed by atoms with E-state index in [1.54, 1.807) is 18.5 Å². The van der Waals surface area contributed by atoms with Gasteiger partial charge in [0.2, 0.25) is 0 Å². The zero-order valence-corrected chi connectivity index (χ0v) is 9.73. The topological polar surface area (TPSA) is 51.8 Å². The first kappa shape index (κ1) is 12.0. The van der Waals surface area contributed by atoms with Gasteiger partial charge in [0.05, 0.1) is 0 Å². The van der Waals surface area contributed by atoms with Crippen molar-refractivity contribution < 1.29 is 4.39 Å². The molecule has 1 unspecified atom stereocenters. The van der Waals surface area contributed by atoms with Crippen LogP contribution in [-0.4, -0.2) is 9.97 Å². The lowest BCUT2D eigenvalue weighted by molar-refractivity contribution is 0.592. The highest BCUT2D eigenvalue weighted by Crippen LogP contribution is 2.20. The summed E-state index contributed by atoms with van der Waals surface area (Å²) in [6.07, 6.45) is 5.04. The van der Waals surface area contributed by atoms with E-state index in [-0.39, 0.29) is 11.9 Å². The molecule has 5 heteroatoms. The minimum Gasteiger partial charge on any atom is -0.324 e. The van der Waals surface area contributed by atoms with Gasteiger partial charge in [-0.15, -0.1) is 0 Å². The third kappa shape index (κ3) is 2.99. The molecule has 0 aliphatic heterocycles. The van der Waals surface area contributed by atoms with E-state index < -0.39 is 0 Å². The van der Waals surface area contributed by atoms with E-state index in [9.17, 15) is 4.39 Å². The monoisotopic (exact) mass is 251 g/mol. The fourth-order valence-corrected chi connectivity index (χ4v) is 1.75. The maximum absolute atomic E-state index is 13.5. The summed E-state index contributed by atoms with van der Waals surface area (Å²) in [5.74, 6) is -0.304. The van der Waals surface area contributed by atoms with Gasteiger partial charge in [-0.1, -0.05) is 11.6 Å². The fraction of sp³-hybridized carbons (Fsp3) is 0.167. The van der Waals surface area contributed by atoms with E-state index in [4.69, 9.17) is 17.3 Å². The lowest BCUT2D eigenvalue weighted by Gasteiger charge is -2.11. The van der Waals surface area contributed by atoms with Gasteiger partial charge in [0, 0.05) is 29.0 Å².